The van der Waals surface area contributed by atoms with E-state index in [1.54, 1.807) is 24.3 Å². The number of anilines is 1. The zero-order valence-electron chi connectivity index (χ0n) is 12.9. The summed E-state index contributed by atoms with van der Waals surface area (Å²) in [4.78, 5) is 24.4. The van der Waals surface area contributed by atoms with Crippen LogP contribution in [-0.2, 0) is 9.59 Å². The van der Waals surface area contributed by atoms with Gasteiger partial charge in [-0.2, -0.15) is 0 Å². The summed E-state index contributed by atoms with van der Waals surface area (Å²) in [6.45, 7) is 3.94. The second-order valence-corrected chi connectivity index (χ2v) is 6.72. The Morgan fingerprint density at radius 2 is 1.78 bits per heavy atom. The molecule has 0 aliphatic heterocycles. The van der Waals surface area contributed by atoms with Crippen LogP contribution in [-0.4, -0.2) is 17.0 Å². The lowest BCUT2D eigenvalue weighted by molar-refractivity contribution is -0.146. The molecule has 2 N–H and O–H groups in total. The van der Waals surface area contributed by atoms with Gasteiger partial charge in [0.05, 0.1) is 11.8 Å². The van der Waals surface area contributed by atoms with Crippen LogP contribution in [0.25, 0.3) is 0 Å². The average Bonchev–Trinajstić information content (AvgIpc) is 3.02. The predicted molar refractivity (Wildman–Crippen MR) is 89.2 cm³/mol. The van der Waals surface area contributed by atoms with E-state index in [-0.39, 0.29) is 17.7 Å². The second-order valence-electron chi connectivity index (χ2n) is 6.28. The topological polar surface area (TPSA) is 66.4 Å². The van der Waals surface area contributed by atoms with Gasteiger partial charge in [0.15, 0.2) is 0 Å². The third-order valence-corrected chi connectivity index (χ3v) is 4.90. The number of hydrogen-bond donors (Lipinski definition) is 2. The van der Waals surface area contributed by atoms with E-state index < -0.39 is 17.8 Å². The highest BCUT2D eigenvalue weighted by Crippen LogP contribution is 2.53. The summed E-state index contributed by atoms with van der Waals surface area (Å²) in [5.41, 5.74) is 2.75. The number of allylic oxidation sites excluding steroid dienone is 4. The fraction of sp³-hybridized carbons (Fsp3) is 0.333. The number of carboxylic acid groups (broad SMARTS) is 1. The van der Waals surface area contributed by atoms with Gasteiger partial charge in [-0.05, 0) is 32.0 Å². The molecule has 1 fully saturated rings. The maximum atomic E-state index is 12.7. The Balaban J connectivity index is 1.91. The lowest BCUT2D eigenvalue weighted by Crippen LogP contribution is -2.36. The lowest BCUT2D eigenvalue weighted by atomic mass is 9.82. The van der Waals surface area contributed by atoms with E-state index in [0.717, 1.165) is 11.1 Å². The first kappa shape index (κ1) is 15.8. The number of nitrogens with one attached hydrogen (secondary N) is 1. The van der Waals surface area contributed by atoms with Gasteiger partial charge in [0, 0.05) is 22.5 Å². The van der Waals surface area contributed by atoms with E-state index >= 15 is 0 Å². The number of aliphatic carboxylic acids is 1. The first-order chi connectivity index (χ1) is 10.9. The van der Waals surface area contributed by atoms with Crippen LogP contribution in [0.4, 0.5) is 5.69 Å². The third kappa shape index (κ3) is 2.68. The fourth-order valence-corrected chi connectivity index (χ4v) is 4.02. The van der Waals surface area contributed by atoms with Crippen molar-refractivity contribution in [1.82, 2.24) is 0 Å². The van der Waals surface area contributed by atoms with Crippen molar-refractivity contribution in [2.24, 2.45) is 23.7 Å². The number of rotatable bonds is 3. The zero-order chi connectivity index (χ0) is 16.7. The Bertz CT molecular complexity index is 734. The highest BCUT2D eigenvalue weighted by atomic mass is 35.5. The zero-order valence-corrected chi connectivity index (χ0v) is 13.7. The molecule has 1 aromatic rings. The van der Waals surface area contributed by atoms with Crippen LogP contribution in [0.5, 0.6) is 0 Å². The molecule has 0 heterocycles. The van der Waals surface area contributed by atoms with Gasteiger partial charge in [-0.15, -0.1) is 0 Å². The molecule has 0 saturated heterocycles. The van der Waals surface area contributed by atoms with Crippen LogP contribution in [0.15, 0.2) is 47.6 Å². The summed E-state index contributed by atoms with van der Waals surface area (Å²) in [7, 11) is 0. The largest absolute Gasteiger partial charge is 0.481 e. The Morgan fingerprint density at radius 3 is 2.35 bits per heavy atom. The maximum absolute atomic E-state index is 12.7. The number of carbonyl (C=O) groups is 2. The SMILES string of the molecule is CC(C)=C1[C@H]2C=C[C@H]1[C@@H](C(=O)Nc1cccc(Cl)c1)[C@H]2C(=O)O. The van der Waals surface area contributed by atoms with Gasteiger partial charge in [-0.25, -0.2) is 0 Å². The minimum atomic E-state index is -0.924. The normalized spacial score (nSPS) is 28.0. The van der Waals surface area contributed by atoms with Crippen molar-refractivity contribution in [2.75, 3.05) is 5.32 Å². The molecule has 3 rings (SSSR count). The van der Waals surface area contributed by atoms with E-state index in [1.165, 1.54) is 0 Å². The highest BCUT2D eigenvalue weighted by molar-refractivity contribution is 6.30. The maximum Gasteiger partial charge on any atom is 0.308 e. The molecule has 0 spiro atoms. The first-order valence-corrected chi connectivity index (χ1v) is 7.92. The number of hydrogen-bond acceptors (Lipinski definition) is 2. The monoisotopic (exact) mass is 331 g/mol. The van der Waals surface area contributed by atoms with Crippen LogP contribution < -0.4 is 5.32 Å². The smallest absolute Gasteiger partial charge is 0.308 e. The Hall–Kier alpha value is -2.07. The van der Waals surface area contributed by atoms with Gasteiger partial charge >= 0.3 is 5.97 Å². The van der Waals surface area contributed by atoms with Crippen molar-refractivity contribution in [3.8, 4) is 0 Å². The Morgan fingerprint density at radius 1 is 1.13 bits per heavy atom. The van der Waals surface area contributed by atoms with Crippen molar-refractivity contribution in [2.45, 2.75) is 13.8 Å². The molecule has 2 bridgehead atoms. The number of carbonyl (C=O) groups excluding carboxylic acids is 1. The Labute approximate surface area is 139 Å². The molecule has 5 heteroatoms. The molecule has 1 aromatic carbocycles. The van der Waals surface area contributed by atoms with Crippen LogP contribution in [0, 0.1) is 23.7 Å². The summed E-state index contributed by atoms with van der Waals surface area (Å²) < 4.78 is 0. The first-order valence-electron chi connectivity index (χ1n) is 7.55. The summed E-state index contributed by atoms with van der Waals surface area (Å²) in [5.74, 6) is -2.81. The molecule has 120 valence electrons. The quantitative estimate of drug-likeness (QED) is 0.829. The molecule has 4 nitrogen and oxygen atoms in total. The van der Waals surface area contributed by atoms with Crippen LogP contribution in [0.3, 0.4) is 0 Å². The van der Waals surface area contributed by atoms with E-state index in [2.05, 4.69) is 5.32 Å². The third-order valence-electron chi connectivity index (χ3n) is 4.66. The van der Waals surface area contributed by atoms with Crippen LogP contribution in [0.1, 0.15) is 13.8 Å². The van der Waals surface area contributed by atoms with E-state index in [0.29, 0.717) is 10.7 Å². The van der Waals surface area contributed by atoms with Gasteiger partial charge in [-0.1, -0.05) is 41.0 Å². The summed E-state index contributed by atoms with van der Waals surface area (Å²) in [6, 6.07) is 6.86. The number of halogens is 1. The average molecular weight is 332 g/mol. The molecular formula is C18H18ClNO3. The van der Waals surface area contributed by atoms with Crippen LogP contribution in [0.2, 0.25) is 5.02 Å². The minimum absolute atomic E-state index is 0.134. The Kier molecular flexibility index (Phi) is 4.02. The molecule has 23 heavy (non-hydrogen) atoms. The number of fused-ring (bicyclic) bond motifs is 2. The molecule has 1 saturated carbocycles. The van der Waals surface area contributed by atoms with Gasteiger partial charge in [0.25, 0.3) is 0 Å². The minimum Gasteiger partial charge on any atom is -0.481 e. The molecule has 2 aliphatic carbocycles. The van der Waals surface area contributed by atoms with Gasteiger partial charge in [0.1, 0.15) is 0 Å². The number of amides is 1. The number of benzene rings is 1. The molecular weight excluding hydrogens is 314 g/mol. The fourth-order valence-electron chi connectivity index (χ4n) is 3.83. The van der Waals surface area contributed by atoms with Gasteiger partial charge in [0.2, 0.25) is 5.91 Å². The van der Waals surface area contributed by atoms with Crippen molar-refractivity contribution in [3.63, 3.8) is 0 Å². The summed E-state index contributed by atoms with van der Waals surface area (Å²) in [6.07, 6.45) is 3.89. The van der Waals surface area contributed by atoms with E-state index in [9.17, 15) is 14.7 Å². The summed E-state index contributed by atoms with van der Waals surface area (Å²) >= 11 is 5.93. The number of carboxylic acids is 1. The van der Waals surface area contributed by atoms with E-state index in [1.807, 2.05) is 26.0 Å². The van der Waals surface area contributed by atoms with E-state index in [4.69, 9.17) is 11.6 Å². The molecule has 0 aromatic heterocycles. The second kappa shape index (κ2) is 5.85. The highest BCUT2D eigenvalue weighted by Gasteiger charge is 2.54. The van der Waals surface area contributed by atoms with Crippen molar-refractivity contribution in [3.05, 3.63) is 52.6 Å². The summed E-state index contributed by atoms with van der Waals surface area (Å²) in [5, 5.41) is 12.9. The lowest BCUT2D eigenvalue weighted by Gasteiger charge is -2.23. The van der Waals surface area contributed by atoms with Gasteiger partial charge < -0.3 is 10.4 Å². The van der Waals surface area contributed by atoms with Crippen molar-refractivity contribution in [1.29, 1.82) is 0 Å². The standard InChI is InChI=1S/C18H18ClNO3/c1-9(2)14-12-6-7-13(14)16(18(22)23)15(12)17(21)20-11-5-3-4-10(19)8-11/h3-8,12-13,15-16H,1-2H3,(H,20,21)(H,22,23)/t12-,13-,15-,16+/m1/s1. The van der Waals surface area contributed by atoms with Gasteiger partial charge in [-0.3, -0.25) is 9.59 Å². The predicted octanol–water partition coefficient (Wildman–Crippen LogP) is 3.75. The van der Waals surface area contributed by atoms with Crippen molar-refractivity contribution >= 4 is 29.2 Å². The molecule has 2 aliphatic rings. The molecule has 0 radical (unpaired) electrons. The molecule has 4 atom stereocenters. The van der Waals surface area contributed by atoms with Crippen molar-refractivity contribution < 1.29 is 14.7 Å². The molecule has 0 unspecified atom stereocenters. The molecule has 1 amide bonds. The van der Waals surface area contributed by atoms with Crippen LogP contribution >= 0.6 is 11.6 Å².